The average Bonchev–Trinajstić information content (AvgIpc) is 2.86. The van der Waals surface area contributed by atoms with Gasteiger partial charge in [0.1, 0.15) is 0 Å². The van der Waals surface area contributed by atoms with Crippen molar-refractivity contribution in [2.45, 2.75) is 13.3 Å². The normalized spacial score (nSPS) is 10.2. The second kappa shape index (κ2) is 3.95. The Kier molecular flexibility index (Phi) is 2.49. The van der Waals surface area contributed by atoms with Gasteiger partial charge in [0.05, 0.1) is 11.9 Å². The fourth-order valence-corrected chi connectivity index (χ4v) is 1.17. The molecule has 0 bridgehead atoms. The Hall–Kier alpha value is -2.11. The van der Waals surface area contributed by atoms with Gasteiger partial charge in [-0.15, -0.1) is 0 Å². The Morgan fingerprint density at radius 3 is 3.07 bits per heavy atom. The maximum absolute atomic E-state index is 11.6. The minimum absolute atomic E-state index is 0.243. The van der Waals surface area contributed by atoms with Crippen molar-refractivity contribution in [3.63, 3.8) is 0 Å². The number of carbonyl (C=O) groups excluding carboxylic acids is 1. The first-order chi connectivity index (χ1) is 7.29. The second-order valence-corrected chi connectivity index (χ2v) is 3.07. The van der Waals surface area contributed by atoms with Gasteiger partial charge in [-0.3, -0.25) is 15.0 Å². The number of carbonyl (C=O) groups is 1. The van der Waals surface area contributed by atoms with Crippen molar-refractivity contribution in [2.75, 3.05) is 5.32 Å². The van der Waals surface area contributed by atoms with Crippen LogP contribution in [0.5, 0.6) is 0 Å². The van der Waals surface area contributed by atoms with E-state index in [1.54, 1.807) is 12.3 Å². The monoisotopic (exact) mass is 205 g/mol. The topological polar surface area (TPSA) is 86.5 Å². The third-order valence-electron chi connectivity index (χ3n) is 2.00. The molecule has 0 aromatic carbocycles. The van der Waals surface area contributed by atoms with Crippen LogP contribution in [0, 0.1) is 0 Å². The van der Waals surface area contributed by atoms with Gasteiger partial charge in [0.2, 0.25) is 0 Å². The van der Waals surface area contributed by atoms with E-state index in [1.165, 1.54) is 6.20 Å². The van der Waals surface area contributed by atoms with Crippen LogP contribution in [0.2, 0.25) is 0 Å². The molecular weight excluding hydrogens is 194 g/mol. The molecule has 6 heteroatoms. The van der Waals surface area contributed by atoms with Crippen molar-refractivity contribution < 1.29 is 4.79 Å². The molecule has 0 fully saturated rings. The minimum Gasteiger partial charge on any atom is -0.318 e. The molecule has 0 aliphatic heterocycles. The second-order valence-electron chi connectivity index (χ2n) is 3.07. The van der Waals surface area contributed by atoms with Gasteiger partial charge in [-0.1, -0.05) is 6.92 Å². The smallest absolute Gasteiger partial charge is 0.276 e. The highest BCUT2D eigenvalue weighted by atomic mass is 16.1. The van der Waals surface area contributed by atoms with E-state index in [0.29, 0.717) is 11.4 Å². The molecule has 2 rings (SSSR count). The summed E-state index contributed by atoms with van der Waals surface area (Å²) in [6.07, 6.45) is 3.96. The third kappa shape index (κ3) is 2.04. The first-order valence-electron chi connectivity index (χ1n) is 4.64. The highest BCUT2D eigenvalue weighted by molar-refractivity contribution is 6.02. The number of hydrogen-bond acceptors (Lipinski definition) is 3. The maximum Gasteiger partial charge on any atom is 0.276 e. The number of aromatic amines is 2. The van der Waals surface area contributed by atoms with E-state index < -0.39 is 0 Å². The summed E-state index contributed by atoms with van der Waals surface area (Å²) in [5, 5.41) is 15.7. The Morgan fingerprint density at radius 2 is 2.47 bits per heavy atom. The Labute approximate surface area is 86.1 Å². The van der Waals surface area contributed by atoms with Gasteiger partial charge in [-0.25, -0.2) is 0 Å². The number of aryl methyl sites for hydroxylation is 1. The lowest BCUT2D eigenvalue weighted by atomic mass is 10.3. The van der Waals surface area contributed by atoms with E-state index in [0.717, 1.165) is 12.1 Å². The molecule has 0 atom stereocenters. The summed E-state index contributed by atoms with van der Waals surface area (Å²) in [6.45, 7) is 1.99. The van der Waals surface area contributed by atoms with E-state index >= 15 is 0 Å². The molecule has 2 heterocycles. The van der Waals surface area contributed by atoms with Crippen molar-refractivity contribution in [1.82, 2.24) is 20.4 Å². The van der Waals surface area contributed by atoms with E-state index in [4.69, 9.17) is 0 Å². The Balaban J connectivity index is 2.08. The molecule has 1 amide bonds. The van der Waals surface area contributed by atoms with Crippen molar-refractivity contribution in [3.8, 4) is 0 Å². The lowest BCUT2D eigenvalue weighted by Gasteiger charge is -1.96. The van der Waals surface area contributed by atoms with Crippen LogP contribution in [-0.2, 0) is 6.42 Å². The van der Waals surface area contributed by atoms with Gasteiger partial charge < -0.3 is 5.32 Å². The van der Waals surface area contributed by atoms with E-state index in [-0.39, 0.29) is 5.91 Å². The van der Waals surface area contributed by atoms with Crippen LogP contribution in [0.3, 0.4) is 0 Å². The van der Waals surface area contributed by atoms with Gasteiger partial charge in [0.25, 0.3) is 5.91 Å². The van der Waals surface area contributed by atoms with Crippen LogP contribution >= 0.6 is 0 Å². The first-order valence-corrected chi connectivity index (χ1v) is 4.64. The highest BCUT2D eigenvalue weighted by Gasteiger charge is 2.10. The average molecular weight is 205 g/mol. The van der Waals surface area contributed by atoms with Crippen molar-refractivity contribution in [1.29, 1.82) is 0 Å². The molecule has 2 aromatic rings. The van der Waals surface area contributed by atoms with Gasteiger partial charge >= 0.3 is 0 Å². The fourth-order valence-electron chi connectivity index (χ4n) is 1.17. The zero-order chi connectivity index (χ0) is 10.7. The summed E-state index contributed by atoms with van der Waals surface area (Å²) in [5.74, 6) is -0.243. The van der Waals surface area contributed by atoms with Gasteiger partial charge in [-0.05, 0) is 12.5 Å². The number of rotatable bonds is 3. The summed E-state index contributed by atoms with van der Waals surface area (Å²) in [6, 6.07) is 1.73. The molecule has 0 radical (unpaired) electrons. The van der Waals surface area contributed by atoms with Crippen LogP contribution in [0.15, 0.2) is 18.5 Å². The van der Waals surface area contributed by atoms with Crippen LogP contribution in [0.25, 0.3) is 0 Å². The number of nitrogens with zero attached hydrogens (tertiary/aromatic N) is 2. The molecule has 2 aromatic heterocycles. The molecule has 0 aliphatic carbocycles. The van der Waals surface area contributed by atoms with E-state index in [1.807, 2.05) is 6.92 Å². The molecule has 3 N–H and O–H groups in total. The van der Waals surface area contributed by atoms with Gasteiger partial charge in [-0.2, -0.15) is 10.2 Å². The minimum atomic E-state index is -0.243. The number of H-pyrrole nitrogens is 2. The molecule has 15 heavy (non-hydrogen) atoms. The van der Waals surface area contributed by atoms with Crippen LogP contribution in [0.1, 0.15) is 23.1 Å². The number of hydrogen-bond donors (Lipinski definition) is 3. The standard InChI is InChI=1S/C9H11N5O/c1-2-6-3-8(14-13-6)9(15)12-7-4-10-11-5-7/h3-5H,2H2,1H3,(H,10,11)(H,12,15)(H,13,14). The number of anilines is 1. The third-order valence-corrected chi connectivity index (χ3v) is 2.00. The first kappa shape index (κ1) is 9.45. The summed E-state index contributed by atoms with van der Waals surface area (Å²) >= 11 is 0. The summed E-state index contributed by atoms with van der Waals surface area (Å²) in [4.78, 5) is 11.6. The quantitative estimate of drug-likeness (QED) is 0.697. The number of aromatic nitrogens is 4. The predicted molar refractivity (Wildman–Crippen MR) is 54.5 cm³/mol. The largest absolute Gasteiger partial charge is 0.318 e. The SMILES string of the molecule is CCc1cc(C(=O)Nc2cn[nH]c2)n[nH]1. The molecule has 0 unspecified atom stereocenters. The highest BCUT2D eigenvalue weighted by Crippen LogP contribution is 2.06. The fraction of sp³-hybridized carbons (Fsp3) is 0.222. The Morgan fingerprint density at radius 1 is 1.60 bits per heavy atom. The van der Waals surface area contributed by atoms with E-state index in [9.17, 15) is 4.79 Å². The molecule has 0 saturated heterocycles. The molecule has 0 aliphatic rings. The molecule has 78 valence electrons. The van der Waals surface area contributed by atoms with Crippen molar-refractivity contribution >= 4 is 11.6 Å². The predicted octanol–water partition coefficient (Wildman–Crippen LogP) is 0.947. The van der Waals surface area contributed by atoms with Crippen LogP contribution < -0.4 is 5.32 Å². The number of nitrogens with one attached hydrogen (secondary N) is 3. The summed E-state index contributed by atoms with van der Waals surface area (Å²) in [7, 11) is 0. The maximum atomic E-state index is 11.6. The summed E-state index contributed by atoms with van der Waals surface area (Å²) < 4.78 is 0. The van der Waals surface area contributed by atoms with Crippen LogP contribution in [0.4, 0.5) is 5.69 Å². The lowest BCUT2D eigenvalue weighted by Crippen LogP contribution is -2.11. The van der Waals surface area contributed by atoms with Crippen molar-refractivity contribution in [3.05, 3.63) is 29.8 Å². The molecule has 6 nitrogen and oxygen atoms in total. The van der Waals surface area contributed by atoms with E-state index in [2.05, 4.69) is 25.7 Å². The molecule has 0 spiro atoms. The van der Waals surface area contributed by atoms with Crippen LogP contribution in [-0.4, -0.2) is 26.3 Å². The van der Waals surface area contributed by atoms with Gasteiger partial charge in [0.15, 0.2) is 5.69 Å². The zero-order valence-electron chi connectivity index (χ0n) is 8.24. The Bertz CT molecular complexity index is 445. The number of amides is 1. The van der Waals surface area contributed by atoms with Crippen molar-refractivity contribution in [2.24, 2.45) is 0 Å². The molecule has 0 saturated carbocycles. The zero-order valence-corrected chi connectivity index (χ0v) is 8.24. The summed E-state index contributed by atoms with van der Waals surface area (Å²) in [5.41, 5.74) is 1.95. The lowest BCUT2D eigenvalue weighted by molar-refractivity contribution is 0.102. The molecular formula is C9H11N5O. The van der Waals surface area contributed by atoms with Gasteiger partial charge in [0, 0.05) is 11.9 Å².